The van der Waals surface area contributed by atoms with Gasteiger partial charge in [-0.3, -0.25) is 4.79 Å². The molecule has 0 aliphatic heterocycles. The lowest BCUT2D eigenvalue weighted by Crippen LogP contribution is -2.01. The van der Waals surface area contributed by atoms with Crippen LogP contribution in [-0.4, -0.2) is 10.9 Å². The smallest absolute Gasteiger partial charge is 0.163 e. The minimum atomic E-state index is 0.0304. The summed E-state index contributed by atoms with van der Waals surface area (Å²) in [7, 11) is 0. The van der Waals surface area contributed by atoms with Crippen LogP contribution in [0.4, 0.5) is 0 Å². The van der Waals surface area contributed by atoms with Crippen LogP contribution >= 0.6 is 11.6 Å². The molecule has 0 saturated heterocycles. The highest BCUT2D eigenvalue weighted by molar-refractivity contribution is 6.31. The van der Waals surface area contributed by atoms with Crippen molar-refractivity contribution >= 4 is 17.4 Å². The summed E-state index contributed by atoms with van der Waals surface area (Å²) in [6, 6.07) is 3.05. The number of rotatable bonds is 3. The fourth-order valence-electron chi connectivity index (χ4n) is 1.32. The second-order valence-corrected chi connectivity index (χ2v) is 3.71. The molecular weight excluding hydrogens is 200 g/mol. The molecule has 0 saturated carbocycles. The number of phenols is 1. The Balaban J connectivity index is 3.13. The van der Waals surface area contributed by atoms with Crippen molar-refractivity contribution in [1.29, 1.82) is 0 Å². The van der Waals surface area contributed by atoms with Crippen molar-refractivity contribution in [3.8, 4) is 5.75 Å². The Hall–Kier alpha value is -1.02. The predicted octanol–water partition coefficient (Wildman–Crippen LogP) is 3.34. The molecule has 3 heteroatoms. The maximum Gasteiger partial charge on any atom is 0.163 e. The first-order valence-corrected chi connectivity index (χ1v) is 4.96. The molecule has 2 nitrogen and oxygen atoms in total. The lowest BCUT2D eigenvalue weighted by atomic mass is 10.0. The first-order chi connectivity index (χ1) is 6.56. The normalized spacial score (nSPS) is 10.2. The third kappa shape index (κ3) is 2.26. The van der Waals surface area contributed by atoms with E-state index in [4.69, 9.17) is 11.6 Å². The molecule has 14 heavy (non-hydrogen) atoms. The number of ketones is 1. The van der Waals surface area contributed by atoms with Crippen LogP contribution < -0.4 is 0 Å². The lowest BCUT2D eigenvalue weighted by molar-refractivity contribution is 0.0980. The summed E-state index contributed by atoms with van der Waals surface area (Å²) in [6.45, 7) is 3.66. The van der Waals surface area contributed by atoms with E-state index in [9.17, 15) is 9.90 Å². The van der Waals surface area contributed by atoms with Crippen LogP contribution in [0.25, 0.3) is 0 Å². The summed E-state index contributed by atoms with van der Waals surface area (Å²) >= 11 is 5.75. The maximum atomic E-state index is 11.6. The zero-order chi connectivity index (χ0) is 10.7. The number of aromatic hydroxyl groups is 1. The highest BCUT2D eigenvalue weighted by Crippen LogP contribution is 2.26. The van der Waals surface area contributed by atoms with Crippen LogP contribution in [0.3, 0.4) is 0 Å². The first kappa shape index (κ1) is 11.1. The van der Waals surface area contributed by atoms with Gasteiger partial charge in [0.1, 0.15) is 5.75 Å². The van der Waals surface area contributed by atoms with Crippen LogP contribution in [-0.2, 0) is 0 Å². The lowest BCUT2D eigenvalue weighted by Gasteiger charge is -2.06. The van der Waals surface area contributed by atoms with E-state index in [1.165, 1.54) is 6.07 Å². The van der Waals surface area contributed by atoms with Crippen molar-refractivity contribution in [3.63, 3.8) is 0 Å². The predicted molar refractivity (Wildman–Crippen MR) is 57.1 cm³/mol. The second-order valence-electron chi connectivity index (χ2n) is 3.27. The summed E-state index contributed by atoms with van der Waals surface area (Å²) in [5.41, 5.74) is 1.13. The molecule has 76 valence electrons. The molecule has 0 unspecified atom stereocenters. The molecule has 0 bridgehead atoms. The summed E-state index contributed by atoms with van der Waals surface area (Å²) in [4.78, 5) is 11.6. The van der Waals surface area contributed by atoms with Crippen LogP contribution in [0, 0.1) is 6.92 Å². The van der Waals surface area contributed by atoms with Crippen molar-refractivity contribution in [2.45, 2.75) is 26.7 Å². The second kappa shape index (κ2) is 4.47. The number of benzene rings is 1. The average Bonchev–Trinajstić information content (AvgIpc) is 2.11. The minimum absolute atomic E-state index is 0.0304. The zero-order valence-corrected chi connectivity index (χ0v) is 9.06. The molecule has 0 aliphatic rings. The van der Waals surface area contributed by atoms with Crippen molar-refractivity contribution in [2.24, 2.45) is 0 Å². The van der Waals surface area contributed by atoms with E-state index in [-0.39, 0.29) is 11.5 Å². The average molecular weight is 213 g/mol. The summed E-state index contributed by atoms with van der Waals surface area (Å²) in [6.07, 6.45) is 1.28. The van der Waals surface area contributed by atoms with E-state index >= 15 is 0 Å². The monoisotopic (exact) mass is 212 g/mol. The standard InChI is InChI=1S/C11H13ClO2/c1-3-4-10(13)9-5-8(12)6-11(14)7(9)2/h5-6,14H,3-4H2,1-2H3. The first-order valence-electron chi connectivity index (χ1n) is 4.58. The number of halogens is 1. The third-order valence-electron chi connectivity index (χ3n) is 2.12. The van der Waals surface area contributed by atoms with Gasteiger partial charge in [-0.05, 0) is 25.5 Å². The van der Waals surface area contributed by atoms with Gasteiger partial charge < -0.3 is 5.11 Å². The largest absolute Gasteiger partial charge is 0.508 e. The zero-order valence-electron chi connectivity index (χ0n) is 8.30. The van der Waals surface area contributed by atoms with Gasteiger partial charge in [0.05, 0.1) is 0 Å². The van der Waals surface area contributed by atoms with Gasteiger partial charge in [0.25, 0.3) is 0 Å². The molecule has 0 heterocycles. The topological polar surface area (TPSA) is 37.3 Å². The summed E-state index contributed by atoms with van der Waals surface area (Å²) in [5, 5.41) is 9.86. The van der Waals surface area contributed by atoms with E-state index < -0.39 is 0 Å². The molecule has 0 atom stereocenters. The van der Waals surface area contributed by atoms with Crippen molar-refractivity contribution in [1.82, 2.24) is 0 Å². The maximum absolute atomic E-state index is 11.6. The molecule has 1 rings (SSSR count). The highest BCUT2D eigenvalue weighted by atomic mass is 35.5. The van der Waals surface area contributed by atoms with Crippen LogP contribution in [0.15, 0.2) is 12.1 Å². The van der Waals surface area contributed by atoms with E-state index in [0.717, 1.165) is 6.42 Å². The molecule has 1 aromatic carbocycles. The fourth-order valence-corrected chi connectivity index (χ4v) is 1.53. The quantitative estimate of drug-likeness (QED) is 0.781. The van der Waals surface area contributed by atoms with Gasteiger partial charge in [-0.2, -0.15) is 0 Å². The van der Waals surface area contributed by atoms with Crippen molar-refractivity contribution in [3.05, 3.63) is 28.3 Å². The summed E-state index contributed by atoms with van der Waals surface area (Å²) in [5.74, 6) is 0.111. The number of phenolic OH excluding ortho intramolecular Hbond substituents is 1. The van der Waals surface area contributed by atoms with Gasteiger partial charge in [-0.15, -0.1) is 0 Å². The third-order valence-corrected chi connectivity index (χ3v) is 2.34. The summed E-state index contributed by atoms with van der Waals surface area (Å²) < 4.78 is 0. The molecule has 0 amide bonds. The molecular formula is C11H13ClO2. The SMILES string of the molecule is CCCC(=O)c1cc(Cl)cc(O)c1C. The molecule has 1 aromatic rings. The van der Waals surface area contributed by atoms with Crippen LogP contribution in [0.5, 0.6) is 5.75 Å². The fraction of sp³-hybridized carbons (Fsp3) is 0.364. The number of carbonyl (C=O) groups is 1. The van der Waals surface area contributed by atoms with Crippen molar-refractivity contribution < 1.29 is 9.90 Å². The van der Waals surface area contributed by atoms with Gasteiger partial charge in [-0.1, -0.05) is 18.5 Å². The Kier molecular flexibility index (Phi) is 3.53. The Morgan fingerprint density at radius 3 is 2.71 bits per heavy atom. The highest BCUT2D eigenvalue weighted by Gasteiger charge is 2.11. The molecule has 0 radical (unpaired) electrons. The van der Waals surface area contributed by atoms with Crippen LogP contribution in [0.2, 0.25) is 5.02 Å². The van der Waals surface area contributed by atoms with E-state index in [0.29, 0.717) is 22.6 Å². The van der Waals surface area contributed by atoms with Gasteiger partial charge in [-0.25, -0.2) is 0 Å². The molecule has 0 spiro atoms. The molecule has 1 N–H and O–H groups in total. The van der Waals surface area contributed by atoms with Gasteiger partial charge in [0, 0.05) is 22.6 Å². The van der Waals surface area contributed by atoms with Gasteiger partial charge in [0.2, 0.25) is 0 Å². The van der Waals surface area contributed by atoms with E-state index in [2.05, 4.69) is 0 Å². The minimum Gasteiger partial charge on any atom is -0.508 e. The number of hydrogen-bond donors (Lipinski definition) is 1. The number of carbonyl (C=O) groups excluding carboxylic acids is 1. The number of hydrogen-bond acceptors (Lipinski definition) is 2. The van der Waals surface area contributed by atoms with E-state index in [1.54, 1.807) is 13.0 Å². The molecule has 0 fully saturated rings. The Morgan fingerprint density at radius 1 is 1.50 bits per heavy atom. The van der Waals surface area contributed by atoms with Gasteiger partial charge in [0.15, 0.2) is 5.78 Å². The van der Waals surface area contributed by atoms with Gasteiger partial charge >= 0.3 is 0 Å². The Morgan fingerprint density at radius 2 is 2.14 bits per heavy atom. The molecule has 0 aromatic heterocycles. The van der Waals surface area contributed by atoms with Crippen molar-refractivity contribution in [2.75, 3.05) is 0 Å². The van der Waals surface area contributed by atoms with Crippen LogP contribution in [0.1, 0.15) is 35.7 Å². The Bertz CT molecular complexity index is 359. The molecule has 0 aliphatic carbocycles. The van der Waals surface area contributed by atoms with E-state index in [1.807, 2.05) is 6.92 Å². The number of Topliss-reactive ketones (excluding diaryl/α,β-unsaturated/α-hetero) is 1. The Labute approximate surface area is 88.5 Å².